The maximum atomic E-state index is 13.1. The van der Waals surface area contributed by atoms with E-state index in [9.17, 15) is 9.59 Å². The van der Waals surface area contributed by atoms with Gasteiger partial charge in [-0.05, 0) is 36.4 Å². The Hall–Kier alpha value is -3.39. The average molecular weight is 422 g/mol. The van der Waals surface area contributed by atoms with E-state index in [1.165, 1.54) is 4.90 Å². The summed E-state index contributed by atoms with van der Waals surface area (Å²) < 4.78 is 16.2. The Bertz CT molecular complexity index is 1100. The fourth-order valence-electron chi connectivity index (χ4n) is 3.50. The summed E-state index contributed by atoms with van der Waals surface area (Å²) in [6.07, 6.45) is 1.85. The predicted octanol–water partition coefficient (Wildman–Crippen LogP) is 4.22. The van der Waals surface area contributed by atoms with E-state index in [4.69, 9.17) is 13.9 Å². The number of anilines is 2. The number of furan rings is 1. The summed E-state index contributed by atoms with van der Waals surface area (Å²) in [6, 6.07) is 16.5. The topological polar surface area (TPSA) is 81.0 Å². The normalized spacial score (nSPS) is 17.4. The number of carbonyl (C=O) groups excluding carboxylic acids is 2. The predicted molar refractivity (Wildman–Crippen MR) is 112 cm³/mol. The molecule has 0 bridgehead atoms. The van der Waals surface area contributed by atoms with Gasteiger partial charge in [-0.2, -0.15) is 0 Å². The maximum absolute atomic E-state index is 13.1. The molecule has 0 saturated carbocycles. The number of carbonyl (C=O) groups is 2. The highest BCUT2D eigenvalue weighted by atomic mass is 32.2. The van der Waals surface area contributed by atoms with Gasteiger partial charge in [0.15, 0.2) is 11.5 Å². The van der Waals surface area contributed by atoms with Crippen molar-refractivity contribution >= 4 is 35.0 Å². The number of benzene rings is 2. The van der Waals surface area contributed by atoms with Crippen LogP contribution in [0, 0.1) is 0 Å². The van der Waals surface area contributed by atoms with Crippen molar-refractivity contribution in [1.82, 2.24) is 0 Å². The molecular weight excluding hydrogens is 404 g/mol. The van der Waals surface area contributed by atoms with Crippen LogP contribution in [0.15, 0.2) is 70.2 Å². The molecule has 0 fully saturated rings. The van der Waals surface area contributed by atoms with Gasteiger partial charge in [0.2, 0.25) is 18.6 Å². The Kier molecular flexibility index (Phi) is 4.84. The lowest BCUT2D eigenvalue weighted by Gasteiger charge is -2.22. The highest BCUT2D eigenvalue weighted by molar-refractivity contribution is 7.99. The minimum absolute atomic E-state index is 0.0876. The van der Waals surface area contributed by atoms with Crippen LogP contribution in [0.5, 0.6) is 11.5 Å². The lowest BCUT2D eigenvalue weighted by molar-refractivity contribution is -0.121. The molecule has 0 spiro atoms. The fraction of sp³-hybridized carbons (Fsp3) is 0.182. The van der Waals surface area contributed by atoms with Crippen LogP contribution >= 0.6 is 11.8 Å². The van der Waals surface area contributed by atoms with E-state index in [0.717, 1.165) is 16.3 Å². The quantitative estimate of drug-likeness (QED) is 0.678. The molecule has 1 N–H and O–H groups in total. The van der Waals surface area contributed by atoms with Crippen LogP contribution in [0.4, 0.5) is 11.4 Å². The first-order valence-electron chi connectivity index (χ1n) is 9.46. The number of hydrogen-bond acceptors (Lipinski definition) is 6. The second kappa shape index (κ2) is 7.79. The highest BCUT2D eigenvalue weighted by Gasteiger charge is 2.31. The Labute approximate surface area is 177 Å². The van der Waals surface area contributed by atoms with E-state index in [2.05, 4.69) is 5.32 Å². The van der Waals surface area contributed by atoms with E-state index in [-0.39, 0.29) is 36.8 Å². The SMILES string of the molecule is O=C(CN1C(=O)C[C@@H](c2ccco2)Sc2ccccc21)Nc1ccc2c(c1)OCO2. The fourth-order valence-corrected chi connectivity index (χ4v) is 4.74. The molecule has 8 heteroatoms. The van der Waals surface area contributed by atoms with E-state index in [0.29, 0.717) is 17.2 Å². The lowest BCUT2D eigenvalue weighted by Crippen LogP contribution is -2.38. The number of thioether (sulfide) groups is 1. The zero-order valence-corrected chi connectivity index (χ0v) is 16.7. The molecule has 2 aliphatic rings. The van der Waals surface area contributed by atoms with Gasteiger partial charge in [-0.3, -0.25) is 9.59 Å². The van der Waals surface area contributed by atoms with Crippen molar-refractivity contribution in [2.45, 2.75) is 16.6 Å². The largest absolute Gasteiger partial charge is 0.468 e. The Morgan fingerprint density at radius 3 is 2.83 bits per heavy atom. The van der Waals surface area contributed by atoms with Gasteiger partial charge in [0.25, 0.3) is 0 Å². The molecule has 1 atom stereocenters. The van der Waals surface area contributed by atoms with Crippen LogP contribution < -0.4 is 19.7 Å². The van der Waals surface area contributed by atoms with Gasteiger partial charge in [0.05, 0.1) is 17.2 Å². The zero-order valence-electron chi connectivity index (χ0n) is 15.9. The first kappa shape index (κ1) is 18.6. The smallest absolute Gasteiger partial charge is 0.244 e. The molecule has 30 heavy (non-hydrogen) atoms. The number of rotatable bonds is 4. The number of ether oxygens (including phenoxy) is 2. The summed E-state index contributed by atoms with van der Waals surface area (Å²) in [4.78, 5) is 28.3. The van der Waals surface area contributed by atoms with Crippen molar-refractivity contribution in [3.05, 3.63) is 66.6 Å². The van der Waals surface area contributed by atoms with Gasteiger partial charge in [0, 0.05) is 23.1 Å². The van der Waals surface area contributed by atoms with Gasteiger partial charge < -0.3 is 24.1 Å². The number of fused-ring (bicyclic) bond motifs is 2. The molecular formula is C22H18N2O5S. The summed E-state index contributed by atoms with van der Waals surface area (Å²) in [5, 5.41) is 2.69. The minimum Gasteiger partial charge on any atom is -0.468 e. The van der Waals surface area contributed by atoms with E-state index in [1.807, 2.05) is 36.4 Å². The number of para-hydroxylation sites is 1. The van der Waals surface area contributed by atoms with Crippen molar-refractivity contribution in [1.29, 1.82) is 0 Å². The van der Waals surface area contributed by atoms with Crippen molar-refractivity contribution < 1.29 is 23.5 Å². The number of hydrogen-bond donors (Lipinski definition) is 1. The standard InChI is InChI=1S/C22H18N2O5S/c25-21(23-14-7-8-16-18(10-14)29-13-28-16)12-24-15-4-1-2-6-19(15)30-20(11-22(24)26)17-5-3-9-27-17/h1-10,20H,11-13H2,(H,23,25)/t20-/m0/s1. The molecule has 0 unspecified atom stereocenters. The lowest BCUT2D eigenvalue weighted by atomic mass is 10.2. The third-order valence-electron chi connectivity index (χ3n) is 4.90. The molecule has 0 radical (unpaired) electrons. The van der Waals surface area contributed by atoms with Crippen LogP contribution in [0.25, 0.3) is 0 Å². The summed E-state index contributed by atoms with van der Waals surface area (Å²) in [6.45, 7) is 0.0794. The first-order chi connectivity index (χ1) is 14.7. The van der Waals surface area contributed by atoms with Crippen LogP contribution in [0.3, 0.4) is 0 Å². The van der Waals surface area contributed by atoms with Gasteiger partial charge in [-0.15, -0.1) is 11.8 Å². The maximum Gasteiger partial charge on any atom is 0.244 e. The van der Waals surface area contributed by atoms with Crippen LogP contribution in [0.2, 0.25) is 0 Å². The third kappa shape index (κ3) is 3.61. The Morgan fingerprint density at radius 2 is 1.97 bits per heavy atom. The van der Waals surface area contributed by atoms with Crippen LogP contribution in [0.1, 0.15) is 17.4 Å². The summed E-state index contributed by atoms with van der Waals surface area (Å²) >= 11 is 1.57. The van der Waals surface area contributed by atoms with Gasteiger partial charge >= 0.3 is 0 Å². The van der Waals surface area contributed by atoms with Crippen molar-refractivity contribution in [2.24, 2.45) is 0 Å². The Morgan fingerprint density at radius 1 is 1.10 bits per heavy atom. The minimum atomic E-state index is -0.293. The molecule has 1 aromatic heterocycles. The highest BCUT2D eigenvalue weighted by Crippen LogP contribution is 2.45. The Balaban J connectivity index is 1.36. The van der Waals surface area contributed by atoms with Gasteiger partial charge in [-0.25, -0.2) is 0 Å². The number of nitrogens with one attached hydrogen (secondary N) is 1. The molecule has 2 amide bonds. The number of nitrogens with zero attached hydrogens (tertiary/aromatic N) is 1. The summed E-state index contributed by atoms with van der Waals surface area (Å²) in [5.74, 6) is 1.55. The molecule has 3 aromatic rings. The molecule has 5 rings (SSSR count). The molecule has 0 saturated heterocycles. The van der Waals surface area contributed by atoms with E-state index >= 15 is 0 Å². The second-order valence-corrected chi connectivity index (χ2v) is 8.13. The van der Waals surface area contributed by atoms with Crippen LogP contribution in [-0.4, -0.2) is 25.2 Å². The van der Waals surface area contributed by atoms with Crippen molar-refractivity contribution in [3.63, 3.8) is 0 Å². The zero-order chi connectivity index (χ0) is 20.5. The molecule has 2 aliphatic heterocycles. The molecule has 152 valence electrons. The van der Waals surface area contributed by atoms with Gasteiger partial charge in [0.1, 0.15) is 12.3 Å². The molecule has 7 nitrogen and oxygen atoms in total. The van der Waals surface area contributed by atoms with Gasteiger partial charge in [-0.1, -0.05) is 12.1 Å². The average Bonchev–Trinajstić information content (AvgIpc) is 3.41. The molecule has 0 aliphatic carbocycles. The third-order valence-corrected chi connectivity index (χ3v) is 6.19. The van der Waals surface area contributed by atoms with E-state index in [1.54, 1.807) is 36.2 Å². The van der Waals surface area contributed by atoms with Crippen LogP contribution in [-0.2, 0) is 9.59 Å². The monoisotopic (exact) mass is 422 g/mol. The number of amides is 2. The summed E-state index contributed by atoms with van der Waals surface area (Å²) in [7, 11) is 0. The van der Waals surface area contributed by atoms with Crippen molar-refractivity contribution in [2.75, 3.05) is 23.6 Å². The second-order valence-electron chi connectivity index (χ2n) is 6.89. The summed E-state index contributed by atoms with van der Waals surface area (Å²) in [5.41, 5.74) is 1.31. The molecule has 3 heterocycles. The molecule has 2 aromatic carbocycles. The first-order valence-corrected chi connectivity index (χ1v) is 10.3. The van der Waals surface area contributed by atoms with E-state index < -0.39 is 0 Å². The van der Waals surface area contributed by atoms with Crippen molar-refractivity contribution in [3.8, 4) is 11.5 Å².